The number of nitrogens with one attached hydrogen (secondary N) is 1. The van der Waals surface area contributed by atoms with Gasteiger partial charge in [-0.15, -0.1) is 0 Å². The van der Waals surface area contributed by atoms with E-state index in [0.29, 0.717) is 30.4 Å². The van der Waals surface area contributed by atoms with Crippen LogP contribution in [0, 0.1) is 0 Å². The number of amides is 1. The molecule has 0 radical (unpaired) electrons. The van der Waals surface area contributed by atoms with E-state index in [1.807, 2.05) is 25.1 Å². The van der Waals surface area contributed by atoms with Crippen LogP contribution >= 0.6 is 0 Å². The van der Waals surface area contributed by atoms with Gasteiger partial charge in [-0.05, 0) is 24.1 Å². The third kappa shape index (κ3) is 3.93. The van der Waals surface area contributed by atoms with Crippen molar-refractivity contribution in [3.63, 3.8) is 0 Å². The Kier molecular flexibility index (Phi) is 5.81. The Bertz CT molecular complexity index is 1140. The fraction of sp³-hybridized carbons (Fsp3) is 0.348. The van der Waals surface area contributed by atoms with Crippen LogP contribution in [0.3, 0.4) is 0 Å². The monoisotopic (exact) mass is 406 g/mol. The number of benzene rings is 2. The molecule has 7 heteroatoms. The minimum atomic E-state index is -0.800. The van der Waals surface area contributed by atoms with Gasteiger partial charge in [0.15, 0.2) is 0 Å². The highest BCUT2D eigenvalue weighted by Crippen LogP contribution is 2.16. The van der Waals surface area contributed by atoms with E-state index in [0.717, 1.165) is 24.2 Å². The molecule has 1 amide bonds. The fourth-order valence-electron chi connectivity index (χ4n) is 4.11. The average Bonchev–Trinajstić information content (AvgIpc) is 2.77. The van der Waals surface area contributed by atoms with Crippen molar-refractivity contribution in [2.45, 2.75) is 25.9 Å². The molecule has 0 unspecified atom stereocenters. The van der Waals surface area contributed by atoms with Crippen LogP contribution in [0.25, 0.3) is 10.9 Å². The Morgan fingerprint density at radius 2 is 1.63 bits per heavy atom. The van der Waals surface area contributed by atoms with Crippen molar-refractivity contribution >= 4 is 16.8 Å². The van der Waals surface area contributed by atoms with Crippen LogP contribution in [0.4, 0.5) is 0 Å². The predicted octanol–water partition coefficient (Wildman–Crippen LogP) is 1.99. The second-order valence-corrected chi connectivity index (χ2v) is 7.66. The summed E-state index contributed by atoms with van der Waals surface area (Å²) in [5.41, 5.74) is 0.775. The summed E-state index contributed by atoms with van der Waals surface area (Å²) >= 11 is 0. The number of nitrogens with zero attached hydrogens (tertiary/aromatic N) is 3. The minimum Gasteiger partial charge on any atom is -0.338 e. The van der Waals surface area contributed by atoms with Crippen LogP contribution in [0.5, 0.6) is 0 Å². The topological polar surface area (TPSA) is 78.4 Å². The number of aromatic amines is 1. The minimum absolute atomic E-state index is 0.167. The molecular formula is C23H26N4O3. The molecule has 1 fully saturated rings. The summed E-state index contributed by atoms with van der Waals surface area (Å²) in [6.45, 7) is 5.38. The molecule has 7 nitrogen and oxygen atoms in total. The molecule has 0 bridgehead atoms. The van der Waals surface area contributed by atoms with Crippen molar-refractivity contribution in [1.29, 1.82) is 0 Å². The van der Waals surface area contributed by atoms with Gasteiger partial charge in [0.25, 0.3) is 5.56 Å². The molecule has 1 N–H and O–H groups in total. The van der Waals surface area contributed by atoms with Gasteiger partial charge in [-0.2, -0.15) is 0 Å². The van der Waals surface area contributed by atoms with Crippen LogP contribution < -0.4 is 11.2 Å². The average molecular weight is 406 g/mol. The number of fused-ring (bicyclic) bond motifs is 1. The Hall–Kier alpha value is -3.19. The van der Waals surface area contributed by atoms with Crippen molar-refractivity contribution < 1.29 is 4.79 Å². The predicted molar refractivity (Wildman–Crippen MR) is 116 cm³/mol. The van der Waals surface area contributed by atoms with Gasteiger partial charge in [-0.1, -0.05) is 49.4 Å². The number of rotatable bonds is 5. The van der Waals surface area contributed by atoms with E-state index in [4.69, 9.17) is 0 Å². The molecule has 2 heterocycles. The number of hydrogen-bond acceptors (Lipinski definition) is 4. The van der Waals surface area contributed by atoms with E-state index >= 15 is 0 Å². The number of carbonyl (C=O) groups is 1. The van der Waals surface area contributed by atoms with Crippen molar-refractivity contribution in [3.05, 3.63) is 81.0 Å². The van der Waals surface area contributed by atoms with Crippen LogP contribution in [-0.2, 0) is 11.3 Å². The summed E-state index contributed by atoms with van der Waals surface area (Å²) in [4.78, 5) is 45.6. The molecule has 1 saturated heterocycles. The summed E-state index contributed by atoms with van der Waals surface area (Å²) in [5, 5.41) is 0.413. The first-order chi connectivity index (χ1) is 14.6. The molecular weight excluding hydrogens is 380 g/mol. The summed E-state index contributed by atoms with van der Waals surface area (Å²) in [6, 6.07) is 16.3. The highest BCUT2D eigenvalue weighted by Gasteiger charge is 2.29. The van der Waals surface area contributed by atoms with Crippen LogP contribution in [0.2, 0.25) is 0 Å². The maximum Gasteiger partial charge on any atom is 0.329 e. The number of carbonyl (C=O) groups excluding carboxylic acids is 1. The fourth-order valence-corrected chi connectivity index (χ4v) is 4.11. The summed E-state index contributed by atoms with van der Waals surface area (Å²) in [6.07, 6.45) is 0.379. The van der Waals surface area contributed by atoms with Gasteiger partial charge >= 0.3 is 5.69 Å². The molecule has 1 aromatic heterocycles. The van der Waals surface area contributed by atoms with Gasteiger partial charge in [0, 0.05) is 32.7 Å². The summed E-state index contributed by atoms with van der Waals surface area (Å²) < 4.78 is 1.08. The van der Waals surface area contributed by atoms with E-state index in [1.54, 1.807) is 29.2 Å². The molecule has 1 aliphatic rings. The summed E-state index contributed by atoms with van der Waals surface area (Å²) in [7, 11) is 0. The van der Waals surface area contributed by atoms with Gasteiger partial charge in [-0.3, -0.25) is 14.5 Å². The molecule has 30 heavy (non-hydrogen) atoms. The molecule has 0 saturated carbocycles. The second kappa shape index (κ2) is 8.67. The normalized spacial score (nSPS) is 16.0. The maximum absolute atomic E-state index is 13.2. The van der Waals surface area contributed by atoms with Gasteiger partial charge in [-0.25, -0.2) is 9.36 Å². The van der Waals surface area contributed by atoms with Gasteiger partial charge in [0.2, 0.25) is 5.91 Å². The Morgan fingerprint density at radius 3 is 2.33 bits per heavy atom. The lowest BCUT2D eigenvalue weighted by molar-refractivity contribution is -0.137. The van der Waals surface area contributed by atoms with E-state index in [1.165, 1.54) is 5.56 Å². The lowest BCUT2D eigenvalue weighted by atomic mass is 10.1. The van der Waals surface area contributed by atoms with Crippen LogP contribution in [0.1, 0.15) is 24.9 Å². The lowest BCUT2D eigenvalue weighted by Gasteiger charge is -2.36. The zero-order chi connectivity index (χ0) is 21.1. The third-order valence-electron chi connectivity index (χ3n) is 5.75. The highest BCUT2D eigenvalue weighted by atomic mass is 16.2. The van der Waals surface area contributed by atoms with Gasteiger partial charge in [0.05, 0.1) is 10.9 Å². The second-order valence-electron chi connectivity index (χ2n) is 7.66. The summed E-state index contributed by atoms with van der Waals surface area (Å²) in [5.74, 6) is -0.167. The van der Waals surface area contributed by atoms with Crippen molar-refractivity contribution in [2.75, 3.05) is 26.2 Å². The first kappa shape index (κ1) is 20.1. The van der Waals surface area contributed by atoms with E-state index < -0.39 is 17.3 Å². The van der Waals surface area contributed by atoms with Crippen LogP contribution in [0.15, 0.2) is 64.2 Å². The molecule has 1 aliphatic heterocycles. The first-order valence-corrected chi connectivity index (χ1v) is 10.4. The lowest BCUT2D eigenvalue weighted by Crippen LogP contribution is -2.52. The number of piperazine rings is 1. The van der Waals surface area contributed by atoms with E-state index in [2.05, 4.69) is 22.0 Å². The molecule has 4 rings (SSSR count). The van der Waals surface area contributed by atoms with Crippen molar-refractivity contribution in [1.82, 2.24) is 19.4 Å². The Morgan fingerprint density at radius 1 is 0.967 bits per heavy atom. The molecule has 0 spiro atoms. The molecule has 0 aliphatic carbocycles. The molecule has 3 aromatic rings. The zero-order valence-electron chi connectivity index (χ0n) is 17.1. The van der Waals surface area contributed by atoms with Gasteiger partial charge < -0.3 is 9.88 Å². The van der Waals surface area contributed by atoms with Crippen molar-refractivity contribution in [2.24, 2.45) is 0 Å². The quantitative estimate of drug-likeness (QED) is 0.703. The molecule has 2 aromatic carbocycles. The van der Waals surface area contributed by atoms with E-state index in [9.17, 15) is 14.4 Å². The highest BCUT2D eigenvalue weighted by molar-refractivity contribution is 5.82. The largest absolute Gasteiger partial charge is 0.338 e. The Labute approximate surface area is 174 Å². The first-order valence-electron chi connectivity index (χ1n) is 10.4. The number of hydrogen-bond donors (Lipinski definition) is 1. The number of H-pyrrole nitrogens is 1. The third-order valence-corrected chi connectivity index (χ3v) is 5.75. The molecule has 1 atom stereocenters. The SMILES string of the molecule is CC[C@@H](C(=O)N1CCN(Cc2ccccc2)CC1)n1c(=O)[nH]c2ccccc2c1=O. The van der Waals surface area contributed by atoms with Gasteiger partial charge in [0.1, 0.15) is 6.04 Å². The van der Waals surface area contributed by atoms with Crippen LogP contribution in [-0.4, -0.2) is 51.4 Å². The van der Waals surface area contributed by atoms with Crippen molar-refractivity contribution in [3.8, 4) is 0 Å². The smallest absolute Gasteiger partial charge is 0.329 e. The molecule has 156 valence electrons. The van der Waals surface area contributed by atoms with E-state index in [-0.39, 0.29) is 5.91 Å². The zero-order valence-corrected chi connectivity index (χ0v) is 17.1. The number of para-hydroxylation sites is 1. The number of aromatic nitrogens is 2. The maximum atomic E-state index is 13.2. The standard InChI is InChI=1S/C23H26N4O3/c1-2-20(27-21(28)18-10-6-7-11-19(18)24-23(27)30)22(29)26-14-12-25(13-15-26)16-17-8-4-3-5-9-17/h3-11,20H,2,12-16H2,1H3,(H,24,30)/t20-/m0/s1. The Balaban J connectivity index is 1.51.